The Morgan fingerprint density at radius 3 is 2.50 bits per heavy atom. The van der Waals surface area contributed by atoms with Gasteiger partial charge in [0.2, 0.25) is 11.8 Å². The van der Waals surface area contributed by atoms with Crippen LogP contribution >= 0.6 is 0 Å². The first-order chi connectivity index (χ1) is 11.5. The number of carbonyl (C=O) groups is 2. The van der Waals surface area contributed by atoms with Gasteiger partial charge in [0.1, 0.15) is 18.2 Å². The van der Waals surface area contributed by atoms with E-state index in [1.54, 1.807) is 17.0 Å². The highest BCUT2D eigenvalue weighted by Gasteiger charge is 2.26. The number of ether oxygens (including phenoxy) is 1. The lowest BCUT2D eigenvalue weighted by molar-refractivity contribution is -0.135. The molecule has 24 heavy (non-hydrogen) atoms. The topological polar surface area (TPSA) is 75.9 Å². The van der Waals surface area contributed by atoms with Gasteiger partial charge in [0.05, 0.1) is 6.54 Å². The summed E-state index contributed by atoms with van der Waals surface area (Å²) < 4.78 is 18.3. The molecule has 2 rings (SSSR count). The molecule has 0 atom stereocenters. The van der Waals surface area contributed by atoms with Crippen LogP contribution in [0.25, 0.3) is 0 Å². The molecule has 0 bridgehead atoms. The van der Waals surface area contributed by atoms with Crippen molar-refractivity contribution in [3.05, 3.63) is 30.1 Å². The van der Waals surface area contributed by atoms with Gasteiger partial charge in [-0.15, -0.1) is 0 Å². The number of carbonyl (C=O) groups excluding carboxylic acids is 2. The van der Waals surface area contributed by atoms with Crippen LogP contribution in [-0.4, -0.2) is 61.4 Å². The molecule has 1 aromatic rings. The molecule has 2 N–H and O–H groups in total. The summed E-state index contributed by atoms with van der Waals surface area (Å²) in [6, 6.07) is 5.84. The van der Waals surface area contributed by atoms with Crippen LogP contribution in [0.15, 0.2) is 24.3 Å². The summed E-state index contributed by atoms with van der Waals surface area (Å²) in [5, 5.41) is 0. The lowest BCUT2D eigenvalue weighted by Gasteiger charge is -2.31. The number of nitrogens with zero attached hydrogens (tertiary/aromatic N) is 2. The average Bonchev–Trinajstić information content (AvgIpc) is 2.56. The molecule has 0 spiro atoms. The molecule has 6 nitrogen and oxygen atoms in total. The minimum absolute atomic E-state index is 0.0437. The van der Waals surface area contributed by atoms with Gasteiger partial charge in [0, 0.05) is 25.6 Å². The van der Waals surface area contributed by atoms with Crippen LogP contribution in [0.1, 0.15) is 12.8 Å². The van der Waals surface area contributed by atoms with Crippen molar-refractivity contribution in [1.82, 2.24) is 9.80 Å². The van der Waals surface area contributed by atoms with E-state index in [2.05, 4.69) is 0 Å². The fraction of sp³-hybridized carbons (Fsp3) is 0.529. The molecular weight excluding hydrogens is 313 g/mol. The number of primary amides is 1. The van der Waals surface area contributed by atoms with E-state index >= 15 is 0 Å². The largest absolute Gasteiger partial charge is 0.492 e. The molecule has 7 heteroatoms. The van der Waals surface area contributed by atoms with Gasteiger partial charge >= 0.3 is 0 Å². The van der Waals surface area contributed by atoms with Crippen molar-refractivity contribution in [1.29, 1.82) is 0 Å². The van der Waals surface area contributed by atoms with Crippen LogP contribution in [0, 0.1) is 11.7 Å². The Labute approximate surface area is 141 Å². The third-order valence-corrected chi connectivity index (χ3v) is 4.21. The van der Waals surface area contributed by atoms with Crippen LogP contribution in [0.4, 0.5) is 4.39 Å². The first-order valence-electron chi connectivity index (χ1n) is 8.09. The first kappa shape index (κ1) is 18.2. The molecule has 1 aromatic carbocycles. The van der Waals surface area contributed by atoms with Gasteiger partial charge in [0.15, 0.2) is 0 Å². The van der Waals surface area contributed by atoms with Crippen molar-refractivity contribution >= 4 is 11.8 Å². The number of rotatable bonds is 7. The number of piperidine rings is 1. The van der Waals surface area contributed by atoms with Crippen LogP contribution in [0.3, 0.4) is 0 Å². The second-order valence-electron chi connectivity index (χ2n) is 6.10. The summed E-state index contributed by atoms with van der Waals surface area (Å²) in [7, 11) is 1.85. The molecule has 132 valence electrons. The van der Waals surface area contributed by atoms with Gasteiger partial charge in [0.25, 0.3) is 0 Å². The maximum atomic E-state index is 12.8. The highest BCUT2D eigenvalue weighted by Crippen LogP contribution is 2.16. The van der Waals surface area contributed by atoms with Gasteiger partial charge in [-0.2, -0.15) is 0 Å². The molecule has 1 aliphatic heterocycles. The predicted octanol–water partition coefficient (Wildman–Crippen LogP) is 0.860. The summed E-state index contributed by atoms with van der Waals surface area (Å²) in [4.78, 5) is 27.0. The van der Waals surface area contributed by atoms with Crippen molar-refractivity contribution in [3.63, 3.8) is 0 Å². The Morgan fingerprint density at radius 1 is 1.29 bits per heavy atom. The van der Waals surface area contributed by atoms with Gasteiger partial charge in [-0.05, 0) is 44.2 Å². The summed E-state index contributed by atoms with van der Waals surface area (Å²) in [5.74, 6) is -0.0509. The second-order valence-corrected chi connectivity index (χ2v) is 6.10. The molecule has 1 aliphatic rings. The van der Waals surface area contributed by atoms with E-state index in [9.17, 15) is 14.0 Å². The molecule has 1 saturated heterocycles. The Hall–Kier alpha value is -2.15. The van der Waals surface area contributed by atoms with E-state index in [-0.39, 0.29) is 23.5 Å². The molecule has 0 unspecified atom stereocenters. The number of benzene rings is 1. The van der Waals surface area contributed by atoms with Crippen molar-refractivity contribution in [3.8, 4) is 5.75 Å². The van der Waals surface area contributed by atoms with Gasteiger partial charge in [-0.25, -0.2) is 4.39 Å². The van der Waals surface area contributed by atoms with Crippen molar-refractivity contribution in [2.75, 3.05) is 39.8 Å². The standard InChI is InChI=1S/C17H24FN3O3/c1-20(10-11-24-15-4-2-14(18)3-5-15)12-16(22)21-8-6-13(7-9-21)17(19)23/h2-5,13H,6-12H2,1H3,(H2,19,23). The van der Waals surface area contributed by atoms with Crippen LogP contribution in [-0.2, 0) is 9.59 Å². The normalized spacial score (nSPS) is 15.5. The van der Waals surface area contributed by atoms with E-state index in [1.807, 2.05) is 11.9 Å². The van der Waals surface area contributed by atoms with Gasteiger partial charge in [-0.1, -0.05) is 0 Å². The van der Waals surface area contributed by atoms with Crippen molar-refractivity contribution in [2.24, 2.45) is 11.7 Å². The minimum atomic E-state index is -0.301. The van der Waals surface area contributed by atoms with E-state index in [4.69, 9.17) is 10.5 Å². The summed E-state index contributed by atoms with van der Waals surface area (Å²) in [6.07, 6.45) is 1.27. The highest BCUT2D eigenvalue weighted by molar-refractivity contribution is 5.80. The highest BCUT2D eigenvalue weighted by atomic mass is 19.1. The number of hydrogen-bond donors (Lipinski definition) is 1. The summed E-state index contributed by atoms with van der Waals surface area (Å²) >= 11 is 0. The fourth-order valence-corrected chi connectivity index (χ4v) is 2.67. The number of hydrogen-bond acceptors (Lipinski definition) is 4. The van der Waals surface area contributed by atoms with Gasteiger partial charge in [-0.3, -0.25) is 14.5 Å². The number of nitrogens with two attached hydrogens (primary N) is 1. The molecule has 0 radical (unpaired) electrons. The zero-order valence-corrected chi connectivity index (χ0v) is 13.9. The van der Waals surface area contributed by atoms with Crippen LogP contribution in [0.5, 0.6) is 5.75 Å². The summed E-state index contributed by atoms with van der Waals surface area (Å²) in [6.45, 7) is 2.45. The van der Waals surface area contributed by atoms with Crippen LogP contribution in [0.2, 0.25) is 0 Å². The zero-order valence-electron chi connectivity index (χ0n) is 13.9. The smallest absolute Gasteiger partial charge is 0.236 e. The van der Waals surface area contributed by atoms with E-state index in [1.165, 1.54) is 12.1 Å². The predicted molar refractivity (Wildman–Crippen MR) is 87.9 cm³/mol. The quantitative estimate of drug-likeness (QED) is 0.801. The molecule has 0 aromatic heterocycles. The third-order valence-electron chi connectivity index (χ3n) is 4.21. The molecule has 1 heterocycles. The third kappa shape index (κ3) is 5.49. The number of halogens is 1. The van der Waals surface area contributed by atoms with E-state index in [0.29, 0.717) is 51.4 Å². The minimum Gasteiger partial charge on any atom is -0.492 e. The summed E-state index contributed by atoms with van der Waals surface area (Å²) in [5.41, 5.74) is 5.30. The number of amides is 2. The number of likely N-dealkylation sites (tertiary alicyclic amines) is 1. The Balaban J connectivity index is 1.66. The fourth-order valence-electron chi connectivity index (χ4n) is 2.67. The first-order valence-corrected chi connectivity index (χ1v) is 8.09. The van der Waals surface area contributed by atoms with E-state index in [0.717, 1.165) is 0 Å². The molecule has 0 aliphatic carbocycles. The number of likely N-dealkylation sites (N-methyl/N-ethyl adjacent to an activating group) is 1. The Morgan fingerprint density at radius 2 is 1.92 bits per heavy atom. The molecule has 1 fully saturated rings. The maximum absolute atomic E-state index is 12.8. The molecular formula is C17H24FN3O3. The second kappa shape index (κ2) is 8.63. The Bertz CT molecular complexity index is 557. The van der Waals surface area contributed by atoms with Crippen LogP contribution < -0.4 is 10.5 Å². The zero-order chi connectivity index (χ0) is 17.5. The lowest BCUT2D eigenvalue weighted by atomic mass is 9.96. The maximum Gasteiger partial charge on any atom is 0.236 e. The molecule has 2 amide bonds. The monoisotopic (exact) mass is 337 g/mol. The van der Waals surface area contributed by atoms with Crippen molar-refractivity contribution in [2.45, 2.75) is 12.8 Å². The van der Waals surface area contributed by atoms with Crippen molar-refractivity contribution < 1.29 is 18.7 Å². The SMILES string of the molecule is CN(CCOc1ccc(F)cc1)CC(=O)N1CCC(C(N)=O)CC1. The lowest BCUT2D eigenvalue weighted by Crippen LogP contribution is -2.45. The Kier molecular flexibility index (Phi) is 6.54. The average molecular weight is 337 g/mol. The van der Waals surface area contributed by atoms with Gasteiger partial charge < -0.3 is 15.4 Å². The molecule has 0 saturated carbocycles. The van der Waals surface area contributed by atoms with E-state index < -0.39 is 0 Å².